The van der Waals surface area contributed by atoms with Gasteiger partial charge in [-0.25, -0.2) is 23.1 Å². The molecule has 0 saturated heterocycles. The molecule has 0 aliphatic rings. The average Bonchev–Trinajstić information content (AvgIpc) is 2.73. The summed E-state index contributed by atoms with van der Waals surface area (Å²) in [5.41, 5.74) is 0.575. The van der Waals surface area contributed by atoms with Crippen LogP contribution in [0.3, 0.4) is 0 Å². The first-order valence-electron chi connectivity index (χ1n) is 10.7. The summed E-state index contributed by atoms with van der Waals surface area (Å²) in [6.07, 6.45) is 14.2. The Morgan fingerprint density at radius 3 is 2.03 bits per heavy atom. The molecule has 1 amide bonds. The Kier molecular flexibility index (Phi) is 10.3. The van der Waals surface area contributed by atoms with E-state index < -0.39 is 10.0 Å². The number of nitrogens with zero attached hydrogens (tertiary/aromatic N) is 2. The summed E-state index contributed by atoms with van der Waals surface area (Å²) in [4.78, 5) is 19.9. The Hall–Kier alpha value is -2.48. The summed E-state index contributed by atoms with van der Waals surface area (Å²) in [5.74, 6) is -0.0415. The van der Waals surface area contributed by atoms with E-state index in [1.807, 2.05) is 0 Å². The van der Waals surface area contributed by atoms with E-state index in [2.05, 4.69) is 26.9 Å². The van der Waals surface area contributed by atoms with Gasteiger partial charge in [0.1, 0.15) is 0 Å². The minimum Gasteiger partial charge on any atom is -0.326 e. The number of carbonyl (C=O) groups is 1. The second-order valence-electron chi connectivity index (χ2n) is 7.33. The van der Waals surface area contributed by atoms with Crippen LogP contribution < -0.4 is 10.0 Å². The zero-order chi connectivity index (χ0) is 21.7. The molecule has 164 valence electrons. The Balaban J connectivity index is 1.69. The van der Waals surface area contributed by atoms with E-state index in [0.29, 0.717) is 12.1 Å². The summed E-state index contributed by atoms with van der Waals surface area (Å²) in [6.45, 7) is 2.22. The number of aromatic nitrogens is 2. The topological polar surface area (TPSA) is 101 Å². The van der Waals surface area contributed by atoms with Crippen LogP contribution in [-0.4, -0.2) is 24.3 Å². The Bertz CT molecular complexity index is 856. The molecule has 2 aromatic rings. The highest BCUT2D eigenvalue weighted by Crippen LogP contribution is 2.17. The standard InChI is InChI=1S/C22H32N4O3S/c1-2-3-4-5-6-7-8-9-10-12-21(27)25-19-13-15-20(16-14-19)30(28,29)26-22-23-17-11-18-24-22/h11,13-18H,2-10,12H2,1H3,(H,25,27)(H,23,24,26). The normalized spacial score (nSPS) is 11.2. The number of unbranched alkanes of at least 4 members (excludes halogenated alkanes) is 8. The smallest absolute Gasteiger partial charge is 0.264 e. The fourth-order valence-corrected chi connectivity index (χ4v) is 4.03. The van der Waals surface area contributed by atoms with E-state index in [4.69, 9.17) is 0 Å². The van der Waals surface area contributed by atoms with Crippen molar-refractivity contribution in [2.45, 2.75) is 76.0 Å². The molecule has 0 spiro atoms. The third-order valence-corrected chi connectivity index (χ3v) is 6.09. The first-order chi connectivity index (χ1) is 14.5. The lowest BCUT2D eigenvalue weighted by Gasteiger charge is -2.08. The van der Waals surface area contributed by atoms with Gasteiger partial charge < -0.3 is 5.32 Å². The van der Waals surface area contributed by atoms with Gasteiger partial charge in [0.15, 0.2) is 0 Å². The van der Waals surface area contributed by atoms with Gasteiger partial charge >= 0.3 is 0 Å². The second kappa shape index (κ2) is 13.0. The minimum absolute atomic E-state index is 0.0100. The third-order valence-electron chi connectivity index (χ3n) is 4.75. The molecule has 0 saturated carbocycles. The zero-order valence-electron chi connectivity index (χ0n) is 17.6. The molecule has 0 atom stereocenters. The summed E-state index contributed by atoms with van der Waals surface area (Å²) in [5, 5.41) is 2.82. The number of anilines is 2. The number of sulfonamides is 1. The molecule has 2 rings (SSSR count). The molecule has 0 fully saturated rings. The van der Waals surface area contributed by atoms with Gasteiger partial charge in [-0.3, -0.25) is 4.79 Å². The predicted octanol–water partition coefficient (Wildman–Crippen LogP) is 5.14. The lowest BCUT2D eigenvalue weighted by molar-refractivity contribution is -0.116. The number of carbonyl (C=O) groups excluding carboxylic acids is 1. The molecular formula is C22H32N4O3S. The van der Waals surface area contributed by atoms with Gasteiger partial charge in [-0.15, -0.1) is 0 Å². The molecule has 0 radical (unpaired) electrons. The van der Waals surface area contributed by atoms with Gasteiger partial charge in [0.2, 0.25) is 11.9 Å². The van der Waals surface area contributed by atoms with Crippen LogP contribution in [-0.2, 0) is 14.8 Å². The van der Waals surface area contributed by atoms with Crippen LogP contribution in [0.2, 0.25) is 0 Å². The van der Waals surface area contributed by atoms with Crippen molar-refractivity contribution >= 4 is 27.6 Å². The van der Waals surface area contributed by atoms with Crippen molar-refractivity contribution in [2.75, 3.05) is 10.0 Å². The average molecular weight is 433 g/mol. The van der Waals surface area contributed by atoms with Crippen molar-refractivity contribution in [3.05, 3.63) is 42.7 Å². The third kappa shape index (κ3) is 8.90. The molecule has 0 bridgehead atoms. The van der Waals surface area contributed by atoms with E-state index >= 15 is 0 Å². The zero-order valence-corrected chi connectivity index (χ0v) is 18.5. The quantitative estimate of drug-likeness (QED) is 0.403. The maximum atomic E-state index is 12.4. The van der Waals surface area contributed by atoms with Crippen molar-refractivity contribution in [2.24, 2.45) is 0 Å². The monoisotopic (exact) mass is 432 g/mol. The molecule has 2 N–H and O–H groups in total. The number of benzene rings is 1. The number of hydrogen-bond donors (Lipinski definition) is 2. The minimum atomic E-state index is -3.78. The SMILES string of the molecule is CCCCCCCCCCCC(=O)Nc1ccc(S(=O)(=O)Nc2ncccn2)cc1. The van der Waals surface area contributed by atoms with E-state index in [1.165, 1.54) is 69.5 Å². The summed E-state index contributed by atoms with van der Waals surface area (Å²) < 4.78 is 27.0. The summed E-state index contributed by atoms with van der Waals surface area (Å²) >= 11 is 0. The number of hydrogen-bond acceptors (Lipinski definition) is 5. The van der Waals surface area contributed by atoms with Crippen molar-refractivity contribution < 1.29 is 13.2 Å². The molecule has 1 heterocycles. The molecule has 0 aliphatic heterocycles. The molecule has 7 nitrogen and oxygen atoms in total. The highest BCUT2D eigenvalue weighted by atomic mass is 32.2. The van der Waals surface area contributed by atoms with Crippen molar-refractivity contribution in [3.63, 3.8) is 0 Å². The van der Waals surface area contributed by atoms with Crippen LogP contribution >= 0.6 is 0 Å². The first kappa shape index (κ1) is 23.8. The Morgan fingerprint density at radius 2 is 1.43 bits per heavy atom. The molecule has 8 heteroatoms. The maximum Gasteiger partial charge on any atom is 0.264 e. The maximum absolute atomic E-state index is 12.4. The number of rotatable bonds is 14. The van der Waals surface area contributed by atoms with Crippen molar-refractivity contribution in [3.8, 4) is 0 Å². The van der Waals surface area contributed by atoms with Crippen LogP contribution in [0.5, 0.6) is 0 Å². The lowest BCUT2D eigenvalue weighted by atomic mass is 10.1. The van der Waals surface area contributed by atoms with Gasteiger partial charge in [0.05, 0.1) is 4.90 Å². The fraction of sp³-hybridized carbons (Fsp3) is 0.500. The number of nitrogens with one attached hydrogen (secondary N) is 2. The van der Waals surface area contributed by atoms with E-state index in [0.717, 1.165) is 12.8 Å². The van der Waals surface area contributed by atoms with Gasteiger partial charge in [-0.05, 0) is 36.8 Å². The molecular weight excluding hydrogens is 400 g/mol. The highest BCUT2D eigenvalue weighted by Gasteiger charge is 2.15. The Morgan fingerprint density at radius 1 is 0.867 bits per heavy atom. The van der Waals surface area contributed by atoms with Crippen LogP contribution in [0.15, 0.2) is 47.6 Å². The Labute approximate surface area is 179 Å². The molecule has 0 unspecified atom stereocenters. The van der Waals surface area contributed by atoms with Gasteiger partial charge in [0.25, 0.3) is 10.0 Å². The first-order valence-corrected chi connectivity index (χ1v) is 12.2. The van der Waals surface area contributed by atoms with Gasteiger partial charge in [-0.1, -0.05) is 58.3 Å². The van der Waals surface area contributed by atoms with Crippen LogP contribution in [0.4, 0.5) is 11.6 Å². The predicted molar refractivity (Wildman–Crippen MR) is 120 cm³/mol. The highest BCUT2D eigenvalue weighted by molar-refractivity contribution is 7.92. The molecule has 30 heavy (non-hydrogen) atoms. The second-order valence-corrected chi connectivity index (χ2v) is 9.01. The summed E-state index contributed by atoms with van der Waals surface area (Å²) in [7, 11) is -3.78. The fourth-order valence-electron chi connectivity index (χ4n) is 3.07. The summed E-state index contributed by atoms with van der Waals surface area (Å²) in [6, 6.07) is 7.64. The van der Waals surface area contributed by atoms with Crippen molar-refractivity contribution in [1.82, 2.24) is 9.97 Å². The van der Waals surface area contributed by atoms with Crippen LogP contribution in [0.25, 0.3) is 0 Å². The van der Waals surface area contributed by atoms with Crippen LogP contribution in [0, 0.1) is 0 Å². The van der Waals surface area contributed by atoms with Gasteiger partial charge in [-0.2, -0.15) is 0 Å². The van der Waals surface area contributed by atoms with Crippen molar-refractivity contribution in [1.29, 1.82) is 0 Å². The van der Waals surface area contributed by atoms with Crippen LogP contribution in [0.1, 0.15) is 71.1 Å². The van der Waals surface area contributed by atoms with E-state index in [-0.39, 0.29) is 16.8 Å². The lowest BCUT2D eigenvalue weighted by Crippen LogP contribution is -2.15. The van der Waals surface area contributed by atoms with E-state index in [9.17, 15) is 13.2 Å². The molecule has 1 aromatic carbocycles. The number of amides is 1. The van der Waals surface area contributed by atoms with Gasteiger partial charge in [0, 0.05) is 24.5 Å². The molecule has 0 aliphatic carbocycles. The molecule has 1 aromatic heterocycles. The van der Waals surface area contributed by atoms with E-state index in [1.54, 1.807) is 18.2 Å². The largest absolute Gasteiger partial charge is 0.326 e.